The number of anilines is 1. The second kappa shape index (κ2) is 8.95. The molecule has 0 saturated carbocycles. The van der Waals surface area contributed by atoms with Gasteiger partial charge in [0.1, 0.15) is 5.75 Å². The maximum Gasteiger partial charge on any atom is 0.224 e. The van der Waals surface area contributed by atoms with Crippen molar-refractivity contribution in [3.8, 4) is 5.75 Å². The van der Waals surface area contributed by atoms with E-state index in [0.29, 0.717) is 0 Å². The molecule has 0 radical (unpaired) electrons. The van der Waals surface area contributed by atoms with Crippen molar-refractivity contribution in [2.75, 3.05) is 31.6 Å². The molecule has 1 aromatic carbocycles. The summed E-state index contributed by atoms with van der Waals surface area (Å²) in [4.78, 5) is 19.7. The molecule has 2 aliphatic rings. The largest absolute Gasteiger partial charge is 0.497 e. The molecule has 1 aliphatic heterocycles. The van der Waals surface area contributed by atoms with Gasteiger partial charge in [0.25, 0.3) is 0 Å². The lowest BCUT2D eigenvalue weighted by molar-refractivity contribution is -0.125. The number of fused-ring (bicyclic) bond motifs is 1. The molecule has 6 heteroatoms. The molecular weight excluding hydrogens is 370 g/mol. The highest BCUT2D eigenvalue weighted by molar-refractivity contribution is 7.22. The average molecular weight is 400 g/mol. The van der Waals surface area contributed by atoms with E-state index in [-0.39, 0.29) is 11.8 Å². The van der Waals surface area contributed by atoms with Crippen LogP contribution >= 0.6 is 11.3 Å². The minimum atomic E-state index is 0.0515. The van der Waals surface area contributed by atoms with Gasteiger partial charge in [0.05, 0.1) is 23.2 Å². The summed E-state index contributed by atoms with van der Waals surface area (Å²) < 4.78 is 6.44. The molecule has 2 heterocycles. The van der Waals surface area contributed by atoms with Gasteiger partial charge in [-0.15, -0.1) is 0 Å². The topological polar surface area (TPSA) is 54.5 Å². The Morgan fingerprint density at radius 3 is 3.11 bits per heavy atom. The summed E-state index contributed by atoms with van der Waals surface area (Å²) >= 11 is 1.68. The molecule has 1 aromatic heterocycles. The normalized spacial score (nSPS) is 20.1. The third-order valence-electron chi connectivity index (χ3n) is 5.78. The van der Waals surface area contributed by atoms with E-state index in [0.717, 1.165) is 60.0 Å². The molecule has 1 aliphatic carbocycles. The fraction of sp³-hybridized carbons (Fsp3) is 0.545. The van der Waals surface area contributed by atoms with Crippen molar-refractivity contribution in [2.45, 2.75) is 44.9 Å². The molecule has 2 aromatic rings. The van der Waals surface area contributed by atoms with Gasteiger partial charge in [-0.05, 0) is 63.1 Å². The summed E-state index contributed by atoms with van der Waals surface area (Å²) in [5, 5.41) is 4.18. The van der Waals surface area contributed by atoms with E-state index in [4.69, 9.17) is 9.72 Å². The van der Waals surface area contributed by atoms with Gasteiger partial charge in [0.15, 0.2) is 5.13 Å². The Bertz CT molecular complexity index is 861. The number of thiazole rings is 1. The Morgan fingerprint density at radius 2 is 2.29 bits per heavy atom. The number of piperidine rings is 1. The van der Waals surface area contributed by atoms with Crippen molar-refractivity contribution in [1.29, 1.82) is 0 Å². The fourth-order valence-corrected chi connectivity index (χ4v) is 5.17. The third-order valence-corrected chi connectivity index (χ3v) is 6.86. The van der Waals surface area contributed by atoms with Crippen molar-refractivity contribution in [1.82, 2.24) is 10.3 Å². The summed E-state index contributed by atoms with van der Waals surface area (Å²) in [6.45, 7) is 2.49. The minimum Gasteiger partial charge on any atom is -0.497 e. The highest BCUT2D eigenvalue weighted by Gasteiger charge is 2.27. The Morgan fingerprint density at radius 1 is 1.36 bits per heavy atom. The first-order valence-corrected chi connectivity index (χ1v) is 11.2. The van der Waals surface area contributed by atoms with E-state index in [2.05, 4.69) is 16.3 Å². The van der Waals surface area contributed by atoms with Crippen molar-refractivity contribution >= 4 is 32.6 Å². The molecule has 28 heavy (non-hydrogen) atoms. The molecule has 1 N–H and O–H groups in total. The van der Waals surface area contributed by atoms with Crippen LogP contribution in [0.4, 0.5) is 5.13 Å². The van der Waals surface area contributed by atoms with Gasteiger partial charge in [0, 0.05) is 19.6 Å². The number of nitrogens with one attached hydrogen (secondary N) is 1. The van der Waals surface area contributed by atoms with E-state index < -0.39 is 0 Å². The van der Waals surface area contributed by atoms with E-state index >= 15 is 0 Å². The van der Waals surface area contributed by atoms with E-state index in [1.165, 1.54) is 31.3 Å². The number of ether oxygens (including phenoxy) is 1. The SMILES string of the molecule is COc1ccc2nc(N3CCCC(C(=O)NCCC4=CCCCC4)C3)sc2c1. The Balaban J connectivity index is 1.34. The minimum absolute atomic E-state index is 0.0515. The standard InChI is InChI=1S/C22H29N3O2S/c1-27-18-9-10-19-20(14-18)28-22(24-19)25-13-5-8-17(15-25)21(26)23-12-11-16-6-3-2-4-7-16/h6,9-10,14,17H,2-5,7-8,11-13,15H2,1H3,(H,23,26). The highest BCUT2D eigenvalue weighted by atomic mass is 32.1. The number of hydrogen-bond donors (Lipinski definition) is 1. The van der Waals surface area contributed by atoms with Gasteiger partial charge in [-0.25, -0.2) is 4.98 Å². The van der Waals surface area contributed by atoms with Crippen LogP contribution < -0.4 is 15.0 Å². The van der Waals surface area contributed by atoms with Crippen LogP contribution in [0.25, 0.3) is 10.2 Å². The first kappa shape index (κ1) is 19.2. The summed E-state index contributed by atoms with van der Waals surface area (Å²) in [7, 11) is 1.68. The molecule has 1 atom stereocenters. The Hall–Kier alpha value is -2.08. The van der Waals surface area contributed by atoms with Crippen LogP contribution in [0.15, 0.2) is 29.8 Å². The second-order valence-corrected chi connectivity index (χ2v) is 8.77. The number of methoxy groups -OCH3 is 1. The number of nitrogens with zero attached hydrogens (tertiary/aromatic N) is 2. The van der Waals surface area contributed by atoms with Gasteiger partial charge >= 0.3 is 0 Å². The number of rotatable bonds is 6. The molecule has 150 valence electrons. The maximum absolute atomic E-state index is 12.7. The number of aromatic nitrogens is 1. The first-order valence-electron chi connectivity index (χ1n) is 10.4. The van der Waals surface area contributed by atoms with E-state index in [1.54, 1.807) is 18.4 Å². The zero-order valence-corrected chi connectivity index (χ0v) is 17.4. The van der Waals surface area contributed by atoms with Crippen LogP contribution in [0.2, 0.25) is 0 Å². The smallest absolute Gasteiger partial charge is 0.224 e. The van der Waals surface area contributed by atoms with Gasteiger partial charge in [-0.3, -0.25) is 4.79 Å². The van der Waals surface area contributed by atoms with Crippen LogP contribution in [0, 0.1) is 5.92 Å². The van der Waals surface area contributed by atoms with Gasteiger partial charge < -0.3 is 15.0 Å². The van der Waals surface area contributed by atoms with Crippen molar-refractivity contribution in [2.24, 2.45) is 5.92 Å². The lowest BCUT2D eigenvalue weighted by atomic mass is 9.96. The van der Waals surface area contributed by atoms with Crippen LogP contribution in [0.5, 0.6) is 5.75 Å². The maximum atomic E-state index is 12.7. The van der Waals surface area contributed by atoms with Crippen LogP contribution in [-0.2, 0) is 4.79 Å². The Kier molecular flexibility index (Phi) is 6.15. The summed E-state index contributed by atoms with van der Waals surface area (Å²) in [5.41, 5.74) is 2.51. The number of carbonyl (C=O) groups is 1. The molecule has 0 bridgehead atoms. The fourth-order valence-electron chi connectivity index (χ4n) is 4.14. The quantitative estimate of drug-likeness (QED) is 0.725. The second-order valence-electron chi connectivity index (χ2n) is 7.76. The number of amides is 1. The molecule has 1 fully saturated rings. The number of hydrogen-bond acceptors (Lipinski definition) is 5. The monoisotopic (exact) mass is 399 g/mol. The van der Waals surface area contributed by atoms with Crippen LogP contribution in [0.3, 0.4) is 0 Å². The predicted octanol–water partition coefficient (Wildman–Crippen LogP) is 4.53. The molecule has 1 saturated heterocycles. The Labute approximate surface area is 170 Å². The lowest BCUT2D eigenvalue weighted by Gasteiger charge is -2.31. The zero-order valence-electron chi connectivity index (χ0n) is 16.6. The number of carbonyl (C=O) groups excluding carboxylic acids is 1. The zero-order chi connectivity index (χ0) is 19.3. The molecular formula is C22H29N3O2S. The van der Waals surface area contributed by atoms with E-state index in [1.807, 2.05) is 18.2 Å². The summed E-state index contributed by atoms with van der Waals surface area (Å²) in [6, 6.07) is 5.98. The molecule has 4 rings (SSSR count). The molecule has 1 amide bonds. The van der Waals surface area contributed by atoms with Crippen LogP contribution in [0.1, 0.15) is 44.9 Å². The van der Waals surface area contributed by atoms with Gasteiger partial charge in [-0.2, -0.15) is 0 Å². The number of benzene rings is 1. The van der Waals surface area contributed by atoms with Gasteiger partial charge in [-0.1, -0.05) is 23.0 Å². The first-order chi connectivity index (χ1) is 13.7. The van der Waals surface area contributed by atoms with E-state index in [9.17, 15) is 4.79 Å². The average Bonchev–Trinajstić information content (AvgIpc) is 3.18. The van der Waals surface area contributed by atoms with Crippen molar-refractivity contribution in [3.63, 3.8) is 0 Å². The molecule has 1 unspecified atom stereocenters. The highest BCUT2D eigenvalue weighted by Crippen LogP contribution is 2.33. The molecule has 5 nitrogen and oxygen atoms in total. The van der Waals surface area contributed by atoms with Crippen LogP contribution in [-0.4, -0.2) is 37.6 Å². The summed E-state index contributed by atoms with van der Waals surface area (Å²) in [5.74, 6) is 1.10. The predicted molar refractivity (Wildman–Crippen MR) is 115 cm³/mol. The van der Waals surface area contributed by atoms with Crippen molar-refractivity contribution < 1.29 is 9.53 Å². The van der Waals surface area contributed by atoms with Crippen molar-refractivity contribution in [3.05, 3.63) is 29.8 Å². The van der Waals surface area contributed by atoms with Gasteiger partial charge in [0.2, 0.25) is 5.91 Å². The summed E-state index contributed by atoms with van der Waals surface area (Å²) in [6.07, 6.45) is 10.4. The third kappa shape index (κ3) is 4.49. The number of allylic oxidation sites excluding steroid dienone is 1. The molecule has 0 spiro atoms. The lowest BCUT2D eigenvalue weighted by Crippen LogP contribution is -2.43.